The van der Waals surface area contributed by atoms with E-state index in [9.17, 15) is 14.4 Å². The Kier molecular flexibility index (Phi) is 4.39. The molecule has 2 saturated heterocycles. The topological polar surface area (TPSA) is 84.7 Å². The molecule has 0 radical (unpaired) electrons. The predicted octanol–water partition coefficient (Wildman–Crippen LogP) is 1.67. The van der Waals surface area contributed by atoms with Crippen LogP contribution in [0.25, 0.3) is 11.3 Å². The number of aromatic nitrogens is 2. The van der Waals surface area contributed by atoms with E-state index >= 15 is 0 Å². The van der Waals surface area contributed by atoms with Crippen molar-refractivity contribution in [1.29, 1.82) is 0 Å². The van der Waals surface area contributed by atoms with Crippen LogP contribution in [0.1, 0.15) is 23.3 Å². The van der Waals surface area contributed by atoms with E-state index in [0.29, 0.717) is 31.6 Å². The molecule has 3 heterocycles. The van der Waals surface area contributed by atoms with Crippen LogP contribution in [0, 0.1) is 0 Å². The first kappa shape index (κ1) is 17.3. The standard InChI is InChI=1S/C19H20N4O4/c1-21-16(11-15(20-21)13-5-3-2-4-6-13)18(25)22-9-7-14(8-10-22)23-17(24)12-27-19(23)26/h2-6,11,14H,7-10,12H2,1H3. The van der Waals surface area contributed by atoms with E-state index in [1.165, 1.54) is 4.90 Å². The smallest absolute Gasteiger partial charge is 0.417 e. The van der Waals surface area contributed by atoms with Crippen molar-refractivity contribution in [2.45, 2.75) is 18.9 Å². The number of carbonyl (C=O) groups is 3. The maximum atomic E-state index is 12.9. The lowest BCUT2D eigenvalue weighted by molar-refractivity contribution is -0.127. The molecule has 27 heavy (non-hydrogen) atoms. The van der Waals surface area contributed by atoms with Gasteiger partial charge in [0.15, 0.2) is 6.61 Å². The quantitative estimate of drug-likeness (QED) is 0.823. The second-order valence-electron chi connectivity index (χ2n) is 6.75. The second kappa shape index (κ2) is 6.86. The zero-order valence-corrected chi connectivity index (χ0v) is 15.0. The van der Waals surface area contributed by atoms with Gasteiger partial charge in [0.05, 0.1) is 5.69 Å². The Morgan fingerprint density at radius 3 is 2.48 bits per heavy atom. The van der Waals surface area contributed by atoms with Crippen LogP contribution < -0.4 is 0 Å². The van der Waals surface area contributed by atoms with Crippen molar-refractivity contribution >= 4 is 17.9 Å². The number of benzene rings is 1. The van der Waals surface area contributed by atoms with Gasteiger partial charge in [-0.1, -0.05) is 30.3 Å². The maximum absolute atomic E-state index is 12.9. The van der Waals surface area contributed by atoms with Gasteiger partial charge in [0.2, 0.25) is 0 Å². The molecule has 140 valence electrons. The third-order valence-electron chi connectivity index (χ3n) is 5.07. The molecule has 0 atom stereocenters. The number of amides is 3. The van der Waals surface area contributed by atoms with Gasteiger partial charge >= 0.3 is 6.09 Å². The molecule has 0 bridgehead atoms. The molecule has 2 aliphatic heterocycles. The summed E-state index contributed by atoms with van der Waals surface area (Å²) in [5, 5.41) is 4.45. The monoisotopic (exact) mass is 368 g/mol. The van der Waals surface area contributed by atoms with E-state index < -0.39 is 6.09 Å². The molecule has 8 heteroatoms. The molecular formula is C19H20N4O4. The number of imide groups is 1. The molecule has 0 saturated carbocycles. The Hall–Kier alpha value is -3.16. The summed E-state index contributed by atoms with van der Waals surface area (Å²) in [4.78, 5) is 39.3. The van der Waals surface area contributed by atoms with E-state index in [-0.39, 0.29) is 24.5 Å². The number of hydrogen-bond donors (Lipinski definition) is 0. The van der Waals surface area contributed by atoms with Crippen LogP contribution in [0.5, 0.6) is 0 Å². The number of carbonyl (C=O) groups excluding carboxylic acids is 3. The SMILES string of the molecule is Cn1nc(-c2ccccc2)cc1C(=O)N1CCC(N2C(=O)COC2=O)CC1. The number of cyclic esters (lactones) is 1. The zero-order chi connectivity index (χ0) is 19.0. The van der Waals surface area contributed by atoms with Gasteiger partial charge in [0.25, 0.3) is 11.8 Å². The van der Waals surface area contributed by atoms with Crippen LogP contribution in [0.4, 0.5) is 4.79 Å². The molecule has 2 fully saturated rings. The summed E-state index contributed by atoms with van der Waals surface area (Å²) < 4.78 is 6.38. The Labute approximate surface area is 156 Å². The van der Waals surface area contributed by atoms with E-state index in [4.69, 9.17) is 4.74 Å². The Balaban J connectivity index is 1.45. The summed E-state index contributed by atoms with van der Waals surface area (Å²) in [7, 11) is 1.76. The van der Waals surface area contributed by atoms with Crippen LogP contribution in [0.2, 0.25) is 0 Å². The van der Waals surface area contributed by atoms with Crippen LogP contribution in [-0.2, 0) is 16.6 Å². The highest BCUT2D eigenvalue weighted by molar-refractivity contribution is 5.98. The Bertz CT molecular complexity index is 868. The summed E-state index contributed by atoms with van der Waals surface area (Å²) in [6, 6.07) is 11.3. The molecular weight excluding hydrogens is 348 g/mol. The van der Waals surface area contributed by atoms with Crippen molar-refractivity contribution in [3.05, 3.63) is 42.1 Å². The van der Waals surface area contributed by atoms with Crippen LogP contribution >= 0.6 is 0 Å². The number of piperidine rings is 1. The van der Waals surface area contributed by atoms with E-state index in [1.807, 2.05) is 30.3 Å². The fourth-order valence-electron chi connectivity index (χ4n) is 3.62. The summed E-state index contributed by atoms with van der Waals surface area (Å²) in [6.07, 6.45) is 0.523. The summed E-state index contributed by atoms with van der Waals surface area (Å²) >= 11 is 0. The number of likely N-dealkylation sites (tertiary alicyclic amines) is 1. The number of ether oxygens (including phenoxy) is 1. The first-order valence-electron chi connectivity index (χ1n) is 8.92. The second-order valence-corrected chi connectivity index (χ2v) is 6.75. The minimum Gasteiger partial charge on any atom is -0.439 e. The molecule has 1 aromatic heterocycles. The van der Waals surface area contributed by atoms with Gasteiger partial charge < -0.3 is 9.64 Å². The van der Waals surface area contributed by atoms with Crippen molar-refractivity contribution < 1.29 is 19.1 Å². The third kappa shape index (κ3) is 3.18. The maximum Gasteiger partial charge on any atom is 0.417 e. The molecule has 4 rings (SSSR count). The molecule has 3 amide bonds. The van der Waals surface area contributed by atoms with Gasteiger partial charge in [-0.25, -0.2) is 9.69 Å². The summed E-state index contributed by atoms with van der Waals surface area (Å²) in [6.45, 7) is 0.772. The third-order valence-corrected chi connectivity index (χ3v) is 5.07. The summed E-state index contributed by atoms with van der Waals surface area (Å²) in [5.41, 5.74) is 2.22. The van der Waals surface area contributed by atoms with Gasteiger partial charge in [0, 0.05) is 31.7 Å². The lowest BCUT2D eigenvalue weighted by Crippen LogP contribution is -2.48. The number of nitrogens with zero attached hydrogens (tertiary/aromatic N) is 4. The lowest BCUT2D eigenvalue weighted by Gasteiger charge is -2.34. The van der Waals surface area contributed by atoms with Crippen molar-refractivity contribution in [3.8, 4) is 11.3 Å². The predicted molar refractivity (Wildman–Crippen MR) is 95.8 cm³/mol. The molecule has 0 aliphatic carbocycles. The first-order chi connectivity index (χ1) is 13.0. The minimum absolute atomic E-state index is 0.0963. The lowest BCUT2D eigenvalue weighted by atomic mass is 10.0. The van der Waals surface area contributed by atoms with E-state index in [2.05, 4.69) is 5.10 Å². The van der Waals surface area contributed by atoms with Crippen LogP contribution in [0.3, 0.4) is 0 Å². The fraction of sp³-hybridized carbons (Fsp3) is 0.368. The van der Waals surface area contributed by atoms with Gasteiger partial charge in [-0.05, 0) is 18.9 Å². The summed E-state index contributed by atoms with van der Waals surface area (Å²) in [5.74, 6) is -0.398. The van der Waals surface area contributed by atoms with Gasteiger partial charge in [-0.2, -0.15) is 5.10 Å². The fourth-order valence-corrected chi connectivity index (χ4v) is 3.62. The number of rotatable bonds is 3. The van der Waals surface area contributed by atoms with Crippen LogP contribution in [0.15, 0.2) is 36.4 Å². The van der Waals surface area contributed by atoms with Crippen molar-refractivity contribution in [1.82, 2.24) is 19.6 Å². The molecule has 2 aliphatic rings. The van der Waals surface area contributed by atoms with E-state index in [1.54, 1.807) is 22.7 Å². The molecule has 2 aromatic rings. The number of aryl methyl sites for hydroxylation is 1. The van der Waals surface area contributed by atoms with Crippen molar-refractivity contribution in [2.24, 2.45) is 7.05 Å². The Morgan fingerprint density at radius 2 is 1.85 bits per heavy atom. The largest absolute Gasteiger partial charge is 0.439 e. The van der Waals surface area contributed by atoms with Crippen molar-refractivity contribution in [2.75, 3.05) is 19.7 Å². The highest BCUT2D eigenvalue weighted by atomic mass is 16.6. The Morgan fingerprint density at radius 1 is 1.15 bits per heavy atom. The molecule has 0 N–H and O–H groups in total. The molecule has 0 unspecified atom stereocenters. The zero-order valence-electron chi connectivity index (χ0n) is 15.0. The van der Waals surface area contributed by atoms with Gasteiger partial charge in [-0.15, -0.1) is 0 Å². The molecule has 1 aromatic carbocycles. The minimum atomic E-state index is -0.580. The molecule has 8 nitrogen and oxygen atoms in total. The first-order valence-corrected chi connectivity index (χ1v) is 8.92. The molecule has 0 spiro atoms. The normalized spacial score (nSPS) is 18.1. The van der Waals surface area contributed by atoms with Crippen molar-refractivity contribution in [3.63, 3.8) is 0 Å². The van der Waals surface area contributed by atoms with Crippen LogP contribution in [-0.4, -0.2) is 63.2 Å². The van der Waals surface area contributed by atoms with Gasteiger partial charge in [0.1, 0.15) is 5.69 Å². The van der Waals surface area contributed by atoms with Gasteiger partial charge in [-0.3, -0.25) is 14.3 Å². The number of hydrogen-bond acceptors (Lipinski definition) is 5. The highest BCUT2D eigenvalue weighted by Gasteiger charge is 2.39. The van der Waals surface area contributed by atoms with E-state index in [0.717, 1.165) is 11.3 Å². The highest BCUT2D eigenvalue weighted by Crippen LogP contribution is 2.23. The average Bonchev–Trinajstić information content (AvgIpc) is 3.24. The average molecular weight is 368 g/mol.